The summed E-state index contributed by atoms with van der Waals surface area (Å²) in [5.41, 5.74) is 1.40. The highest BCUT2D eigenvalue weighted by atomic mass is 16.3. The van der Waals surface area contributed by atoms with Gasteiger partial charge in [0.05, 0.1) is 6.61 Å². The molecule has 1 N–H and O–H groups in total. The van der Waals surface area contributed by atoms with Crippen LogP contribution in [-0.4, -0.2) is 23.2 Å². The summed E-state index contributed by atoms with van der Waals surface area (Å²) in [5, 5.41) is 9.10. The zero-order valence-corrected chi connectivity index (χ0v) is 10.1. The van der Waals surface area contributed by atoms with Gasteiger partial charge in [0.2, 0.25) is 0 Å². The SMILES string of the molecule is CC1(C)CCN(c2cc(CO)ccn2)CC1. The predicted molar refractivity (Wildman–Crippen MR) is 65.4 cm³/mol. The monoisotopic (exact) mass is 220 g/mol. The van der Waals surface area contributed by atoms with Gasteiger partial charge in [-0.05, 0) is 36.0 Å². The molecule has 1 aliphatic heterocycles. The summed E-state index contributed by atoms with van der Waals surface area (Å²) in [6.07, 6.45) is 4.19. The third-order valence-corrected chi connectivity index (χ3v) is 3.43. The second-order valence-electron chi connectivity index (χ2n) is 5.33. The lowest BCUT2D eigenvalue weighted by Gasteiger charge is -2.37. The lowest BCUT2D eigenvalue weighted by atomic mass is 9.83. The van der Waals surface area contributed by atoms with Crippen LogP contribution in [0.15, 0.2) is 18.3 Å². The average molecular weight is 220 g/mol. The Labute approximate surface area is 97.1 Å². The van der Waals surface area contributed by atoms with Crippen molar-refractivity contribution in [2.45, 2.75) is 33.3 Å². The van der Waals surface area contributed by atoms with Gasteiger partial charge in [-0.2, -0.15) is 0 Å². The summed E-state index contributed by atoms with van der Waals surface area (Å²) < 4.78 is 0. The Morgan fingerprint density at radius 1 is 1.38 bits per heavy atom. The lowest BCUT2D eigenvalue weighted by molar-refractivity contribution is 0.277. The van der Waals surface area contributed by atoms with E-state index in [1.54, 1.807) is 6.20 Å². The van der Waals surface area contributed by atoms with Crippen molar-refractivity contribution in [1.29, 1.82) is 0 Å². The van der Waals surface area contributed by atoms with E-state index >= 15 is 0 Å². The fourth-order valence-corrected chi connectivity index (χ4v) is 2.07. The van der Waals surface area contributed by atoms with Crippen LogP contribution in [0.4, 0.5) is 5.82 Å². The first kappa shape index (κ1) is 11.4. The Morgan fingerprint density at radius 3 is 2.69 bits per heavy atom. The number of aliphatic hydroxyl groups excluding tert-OH is 1. The minimum atomic E-state index is 0.0921. The van der Waals surface area contributed by atoms with Crippen molar-refractivity contribution in [2.24, 2.45) is 5.41 Å². The Kier molecular flexibility index (Phi) is 3.15. The molecule has 1 aromatic rings. The number of rotatable bonds is 2. The summed E-state index contributed by atoms with van der Waals surface area (Å²) >= 11 is 0. The van der Waals surface area contributed by atoms with Crippen molar-refractivity contribution in [3.63, 3.8) is 0 Å². The largest absolute Gasteiger partial charge is 0.392 e. The van der Waals surface area contributed by atoms with Crippen LogP contribution in [0.1, 0.15) is 32.3 Å². The third-order valence-electron chi connectivity index (χ3n) is 3.43. The van der Waals surface area contributed by atoms with E-state index in [-0.39, 0.29) is 6.61 Å². The summed E-state index contributed by atoms with van der Waals surface area (Å²) in [6.45, 7) is 6.86. The fraction of sp³-hybridized carbons (Fsp3) is 0.615. The molecule has 2 heterocycles. The Balaban J connectivity index is 2.08. The maximum atomic E-state index is 9.10. The molecule has 16 heavy (non-hydrogen) atoms. The van der Waals surface area contributed by atoms with E-state index in [9.17, 15) is 0 Å². The van der Waals surface area contributed by atoms with Crippen LogP contribution in [0.25, 0.3) is 0 Å². The molecule has 1 aromatic heterocycles. The molecule has 1 saturated heterocycles. The molecule has 0 atom stereocenters. The summed E-state index contributed by atoms with van der Waals surface area (Å²) in [6, 6.07) is 3.84. The standard InChI is InChI=1S/C13H20N2O/c1-13(2)4-7-15(8-5-13)12-9-11(10-16)3-6-14-12/h3,6,9,16H,4-5,7-8,10H2,1-2H3. The van der Waals surface area contributed by atoms with Crippen molar-refractivity contribution < 1.29 is 5.11 Å². The summed E-state index contributed by atoms with van der Waals surface area (Å²) in [4.78, 5) is 6.68. The normalized spacial score (nSPS) is 19.8. The molecule has 0 amide bonds. The number of aromatic nitrogens is 1. The minimum absolute atomic E-state index is 0.0921. The van der Waals surface area contributed by atoms with Gasteiger partial charge in [-0.3, -0.25) is 0 Å². The first-order chi connectivity index (χ1) is 7.61. The van der Waals surface area contributed by atoms with Crippen LogP contribution >= 0.6 is 0 Å². The van der Waals surface area contributed by atoms with Crippen LogP contribution < -0.4 is 4.90 Å². The molecule has 0 aliphatic carbocycles. The Morgan fingerprint density at radius 2 is 2.06 bits per heavy atom. The maximum absolute atomic E-state index is 9.10. The third kappa shape index (κ3) is 2.53. The number of anilines is 1. The van der Waals surface area contributed by atoms with Crippen molar-refractivity contribution in [3.8, 4) is 0 Å². The van der Waals surface area contributed by atoms with Gasteiger partial charge in [-0.25, -0.2) is 4.98 Å². The van der Waals surface area contributed by atoms with Crippen molar-refractivity contribution in [1.82, 2.24) is 4.98 Å². The Hall–Kier alpha value is -1.09. The molecule has 0 saturated carbocycles. The van der Waals surface area contributed by atoms with Gasteiger partial charge in [-0.1, -0.05) is 13.8 Å². The summed E-state index contributed by atoms with van der Waals surface area (Å²) in [5.74, 6) is 1.00. The van der Waals surface area contributed by atoms with Gasteiger partial charge in [0.1, 0.15) is 5.82 Å². The number of pyridine rings is 1. The molecule has 1 fully saturated rings. The van der Waals surface area contributed by atoms with Gasteiger partial charge in [-0.15, -0.1) is 0 Å². The predicted octanol–water partition coefficient (Wildman–Crippen LogP) is 2.20. The average Bonchev–Trinajstić information content (AvgIpc) is 2.29. The molecule has 0 radical (unpaired) electrons. The van der Waals surface area contributed by atoms with E-state index < -0.39 is 0 Å². The first-order valence-corrected chi connectivity index (χ1v) is 5.91. The van der Waals surface area contributed by atoms with Crippen molar-refractivity contribution in [3.05, 3.63) is 23.9 Å². The van der Waals surface area contributed by atoms with Crippen LogP contribution in [0, 0.1) is 5.41 Å². The van der Waals surface area contributed by atoms with Crippen molar-refractivity contribution >= 4 is 5.82 Å². The van der Waals surface area contributed by atoms with Crippen LogP contribution in [0.5, 0.6) is 0 Å². The van der Waals surface area contributed by atoms with Gasteiger partial charge in [0.25, 0.3) is 0 Å². The number of aliphatic hydroxyl groups is 1. The molecular formula is C13H20N2O. The number of hydrogen-bond donors (Lipinski definition) is 1. The molecule has 3 heteroatoms. The quantitative estimate of drug-likeness (QED) is 0.830. The second kappa shape index (κ2) is 4.42. The number of hydrogen-bond acceptors (Lipinski definition) is 3. The first-order valence-electron chi connectivity index (χ1n) is 5.91. The van der Waals surface area contributed by atoms with E-state index in [0.29, 0.717) is 5.41 Å². The van der Waals surface area contributed by atoms with Gasteiger partial charge in [0.15, 0.2) is 0 Å². The van der Waals surface area contributed by atoms with Gasteiger partial charge < -0.3 is 10.0 Å². The zero-order valence-electron chi connectivity index (χ0n) is 10.1. The molecule has 0 unspecified atom stereocenters. The van der Waals surface area contributed by atoms with E-state index in [4.69, 9.17) is 5.11 Å². The highest BCUT2D eigenvalue weighted by Crippen LogP contribution is 2.31. The van der Waals surface area contributed by atoms with E-state index in [0.717, 1.165) is 24.5 Å². The van der Waals surface area contributed by atoms with Crippen LogP contribution in [0.2, 0.25) is 0 Å². The molecule has 88 valence electrons. The molecule has 1 aliphatic rings. The molecule has 2 rings (SSSR count). The second-order valence-corrected chi connectivity index (χ2v) is 5.33. The van der Waals surface area contributed by atoms with E-state index in [2.05, 4.69) is 23.7 Å². The van der Waals surface area contributed by atoms with Gasteiger partial charge in [0, 0.05) is 19.3 Å². The molecule has 0 spiro atoms. The van der Waals surface area contributed by atoms with Crippen LogP contribution in [0.3, 0.4) is 0 Å². The highest BCUT2D eigenvalue weighted by molar-refractivity contribution is 5.41. The van der Waals surface area contributed by atoms with Gasteiger partial charge >= 0.3 is 0 Å². The minimum Gasteiger partial charge on any atom is -0.392 e. The Bertz CT molecular complexity index is 353. The smallest absolute Gasteiger partial charge is 0.128 e. The van der Waals surface area contributed by atoms with Crippen LogP contribution in [-0.2, 0) is 6.61 Å². The van der Waals surface area contributed by atoms with E-state index in [1.807, 2.05) is 12.1 Å². The number of piperidine rings is 1. The molecule has 0 aromatic carbocycles. The molecular weight excluding hydrogens is 200 g/mol. The lowest BCUT2D eigenvalue weighted by Crippen LogP contribution is -2.37. The van der Waals surface area contributed by atoms with E-state index in [1.165, 1.54) is 12.8 Å². The summed E-state index contributed by atoms with van der Waals surface area (Å²) in [7, 11) is 0. The maximum Gasteiger partial charge on any atom is 0.128 e. The molecule has 0 bridgehead atoms. The highest BCUT2D eigenvalue weighted by Gasteiger charge is 2.25. The number of nitrogens with zero attached hydrogens (tertiary/aromatic N) is 2. The van der Waals surface area contributed by atoms with Crippen molar-refractivity contribution in [2.75, 3.05) is 18.0 Å². The topological polar surface area (TPSA) is 36.4 Å². The molecule has 3 nitrogen and oxygen atoms in total. The fourth-order valence-electron chi connectivity index (χ4n) is 2.07. The zero-order chi connectivity index (χ0) is 11.6.